The molecule has 0 atom stereocenters. The second-order valence-electron chi connectivity index (χ2n) is 11.1. The van der Waals surface area contributed by atoms with Crippen LogP contribution in [0.4, 0.5) is 5.69 Å². The van der Waals surface area contributed by atoms with Crippen LogP contribution in [0.15, 0.2) is 54.6 Å². The summed E-state index contributed by atoms with van der Waals surface area (Å²) in [4.78, 5) is 12.2. The highest BCUT2D eigenvalue weighted by molar-refractivity contribution is 5.90. The van der Waals surface area contributed by atoms with E-state index < -0.39 is 0 Å². The highest BCUT2D eigenvalue weighted by atomic mass is 16.5. The van der Waals surface area contributed by atoms with E-state index in [4.69, 9.17) is 4.74 Å². The number of ether oxygens (including phenoxy) is 1. The molecule has 2 aromatic carbocycles. The maximum Gasteiger partial charge on any atom is 0.224 e. The Labute approximate surface area is 240 Å². The van der Waals surface area contributed by atoms with Crippen molar-refractivity contribution in [2.75, 3.05) is 11.9 Å². The zero-order valence-corrected chi connectivity index (χ0v) is 24.8. The topological polar surface area (TPSA) is 38.3 Å². The third-order valence-corrected chi connectivity index (χ3v) is 7.51. The van der Waals surface area contributed by atoms with Gasteiger partial charge in [-0.2, -0.15) is 0 Å². The molecule has 0 heterocycles. The number of nitrogens with one attached hydrogen (secondary N) is 1. The zero-order valence-electron chi connectivity index (χ0n) is 24.8. The van der Waals surface area contributed by atoms with Gasteiger partial charge >= 0.3 is 0 Å². The van der Waals surface area contributed by atoms with E-state index in [1.54, 1.807) is 0 Å². The van der Waals surface area contributed by atoms with Crippen molar-refractivity contribution in [2.24, 2.45) is 0 Å². The molecule has 1 amide bonds. The lowest BCUT2D eigenvalue weighted by Crippen LogP contribution is -2.11. The molecule has 1 N–H and O–H groups in total. The van der Waals surface area contributed by atoms with Crippen LogP contribution in [-0.2, 0) is 22.6 Å². The normalized spacial score (nSPS) is 11.1. The van der Waals surface area contributed by atoms with Crippen molar-refractivity contribution in [3.05, 3.63) is 72.6 Å². The van der Waals surface area contributed by atoms with Gasteiger partial charge < -0.3 is 10.1 Å². The minimum Gasteiger partial charge on any atom is -0.377 e. The lowest BCUT2D eigenvalue weighted by molar-refractivity contribution is -0.116. The largest absolute Gasteiger partial charge is 0.377 e. The van der Waals surface area contributed by atoms with Crippen molar-refractivity contribution in [1.82, 2.24) is 0 Å². The Balaban J connectivity index is 1.36. The van der Waals surface area contributed by atoms with Crippen molar-refractivity contribution < 1.29 is 9.53 Å². The SMILES string of the molecule is [CH2]CCCCCCCCCCCCCCCCCc1ccc(NC(=O)CCCCOCc2ccccc2)cc1. The molecule has 0 unspecified atom stereocenters. The molecule has 0 saturated heterocycles. The van der Waals surface area contributed by atoms with E-state index in [0.717, 1.165) is 31.4 Å². The van der Waals surface area contributed by atoms with Gasteiger partial charge in [-0.3, -0.25) is 4.79 Å². The van der Waals surface area contributed by atoms with Crippen molar-refractivity contribution in [3.63, 3.8) is 0 Å². The van der Waals surface area contributed by atoms with Gasteiger partial charge in [-0.1, -0.05) is 146 Å². The van der Waals surface area contributed by atoms with E-state index in [2.05, 4.69) is 36.5 Å². The fourth-order valence-electron chi connectivity index (χ4n) is 5.04. The van der Waals surface area contributed by atoms with Crippen LogP contribution >= 0.6 is 0 Å². The predicted molar refractivity (Wildman–Crippen MR) is 168 cm³/mol. The quantitative estimate of drug-likeness (QED) is 0.129. The van der Waals surface area contributed by atoms with E-state index in [9.17, 15) is 4.79 Å². The first kappa shape index (κ1) is 33.1. The summed E-state index contributed by atoms with van der Waals surface area (Å²) in [6.45, 7) is 5.24. The molecule has 0 bridgehead atoms. The third-order valence-electron chi connectivity index (χ3n) is 7.51. The van der Waals surface area contributed by atoms with Gasteiger partial charge in [0.25, 0.3) is 0 Å². The minimum absolute atomic E-state index is 0.0849. The van der Waals surface area contributed by atoms with E-state index in [-0.39, 0.29) is 5.91 Å². The highest BCUT2D eigenvalue weighted by Gasteiger charge is 2.03. The van der Waals surface area contributed by atoms with Crippen LogP contribution in [0.25, 0.3) is 0 Å². The Bertz CT molecular complexity index is 818. The first-order valence-electron chi connectivity index (χ1n) is 16.1. The minimum atomic E-state index is 0.0849. The van der Waals surface area contributed by atoms with Crippen LogP contribution < -0.4 is 5.32 Å². The molecule has 1 radical (unpaired) electrons. The summed E-state index contributed by atoms with van der Waals surface area (Å²) in [5, 5.41) is 3.03. The number of anilines is 1. The molecule has 39 heavy (non-hydrogen) atoms. The molecule has 2 rings (SSSR count). The summed E-state index contributed by atoms with van der Waals surface area (Å²) in [5.74, 6) is 0.0849. The molecule has 0 aromatic heterocycles. The number of benzene rings is 2. The number of carbonyl (C=O) groups is 1. The summed E-state index contributed by atoms with van der Waals surface area (Å²) < 4.78 is 5.70. The molecule has 0 fully saturated rings. The Hall–Kier alpha value is -2.13. The van der Waals surface area contributed by atoms with E-state index in [1.165, 1.54) is 107 Å². The van der Waals surface area contributed by atoms with Crippen molar-refractivity contribution in [2.45, 2.75) is 135 Å². The van der Waals surface area contributed by atoms with Crippen LogP contribution in [0.5, 0.6) is 0 Å². The lowest BCUT2D eigenvalue weighted by Gasteiger charge is -2.08. The standard InChI is InChI=1S/C36H56NO2/c1-2-3-4-5-6-7-8-9-10-11-12-13-14-15-16-18-23-33-27-29-35(30-28-33)37-36(38)26-21-22-31-39-32-34-24-19-17-20-25-34/h17,19-20,24-25,27-30H,1-16,18,21-23,26,31-32H2,(H,37,38). The van der Waals surface area contributed by atoms with Gasteiger partial charge in [0.15, 0.2) is 0 Å². The van der Waals surface area contributed by atoms with Gasteiger partial charge in [0.05, 0.1) is 6.61 Å². The summed E-state index contributed by atoms with van der Waals surface area (Å²) in [7, 11) is 0. The smallest absolute Gasteiger partial charge is 0.224 e. The highest BCUT2D eigenvalue weighted by Crippen LogP contribution is 2.16. The maximum atomic E-state index is 12.2. The number of carbonyl (C=O) groups excluding carboxylic acids is 1. The average Bonchev–Trinajstić information content (AvgIpc) is 2.96. The summed E-state index contributed by atoms with van der Waals surface area (Å²) in [6, 6.07) is 18.6. The maximum absolute atomic E-state index is 12.2. The second kappa shape index (κ2) is 23.7. The summed E-state index contributed by atoms with van der Waals surface area (Å²) in [6.07, 6.45) is 25.3. The van der Waals surface area contributed by atoms with Crippen LogP contribution in [0.3, 0.4) is 0 Å². The number of aryl methyl sites for hydroxylation is 1. The first-order valence-corrected chi connectivity index (χ1v) is 16.1. The second-order valence-corrected chi connectivity index (χ2v) is 11.1. The van der Waals surface area contributed by atoms with Gasteiger partial charge in [0, 0.05) is 18.7 Å². The monoisotopic (exact) mass is 534 g/mol. The fourth-order valence-corrected chi connectivity index (χ4v) is 5.04. The van der Waals surface area contributed by atoms with Gasteiger partial charge in [-0.15, -0.1) is 0 Å². The third kappa shape index (κ3) is 18.7. The zero-order chi connectivity index (χ0) is 27.6. The van der Waals surface area contributed by atoms with Gasteiger partial charge in [0.1, 0.15) is 0 Å². The van der Waals surface area contributed by atoms with Gasteiger partial charge in [-0.05, 0) is 48.9 Å². The molecule has 3 heteroatoms. The van der Waals surface area contributed by atoms with Crippen molar-refractivity contribution in [3.8, 4) is 0 Å². The van der Waals surface area contributed by atoms with Gasteiger partial charge in [-0.25, -0.2) is 0 Å². The number of unbranched alkanes of at least 4 members (excludes halogenated alkanes) is 16. The van der Waals surface area contributed by atoms with E-state index in [0.29, 0.717) is 19.6 Å². The Morgan fingerprint density at radius 1 is 0.590 bits per heavy atom. The van der Waals surface area contributed by atoms with E-state index in [1.807, 2.05) is 30.3 Å². The molecule has 2 aromatic rings. The molecule has 0 aliphatic carbocycles. The first-order chi connectivity index (χ1) is 19.3. The van der Waals surface area contributed by atoms with Crippen LogP contribution in [0.2, 0.25) is 0 Å². The van der Waals surface area contributed by atoms with E-state index >= 15 is 0 Å². The van der Waals surface area contributed by atoms with Crippen LogP contribution in [0, 0.1) is 6.92 Å². The Morgan fingerprint density at radius 2 is 1.13 bits per heavy atom. The molecular formula is C36H56NO2. The number of hydrogen-bond acceptors (Lipinski definition) is 2. The molecular weight excluding hydrogens is 478 g/mol. The number of amides is 1. The fraction of sp³-hybridized carbons (Fsp3) is 0.611. The molecule has 0 saturated carbocycles. The van der Waals surface area contributed by atoms with Crippen LogP contribution in [0.1, 0.15) is 133 Å². The molecule has 0 aliphatic heterocycles. The molecule has 3 nitrogen and oxygen atoms in total. The van der Waals surface area contributed by atoms with Crippen LogP contribution in [-0.4, -0.2) is 12.5 Å². The molecule has 0 spiro atoms. The number of rotatable bonds is 25. The lowest BCUT2D eigenvalue weighted by atomic mass is 10.0. The molecule has 217 valence electrons. The van der Waals surface area contributed by atoms with Crippen molar-refractivity contribution >= 4 is 11.6 Å². The molecule has 0 aliphatic rings. The Kier molecular flexibility index (Phi) is 20.1. The number of hydrogen-bond donors (Lipinski definition) is 1. The predicted octanol–water partition coefficient (Wildman–Crippen LogP) is 10.6. The average molecular weight is 535 g/mol. The Morgan fingerprint density at radius 3 is 1.69 bits per heavy atom. The van der Waals surface area contributed by atoms with Crippen molar-refractivity contribution in [1.29, 1.82) is 0 Å². The summed E-state index contributed by atoms with van der Waals surface area (Å²) >= 11 is 0. The summed E-state index contributed by atoms with van der Waals surface area (Å²) in [5.41, 5.74) is 3.45. The van der Waals surface area contributed by atoms with Gasteiger partial charge in [0.2, 0.25) is 5.91 Å².